The number of aromatic nitrogens is 1. The summed E-state index contributed by atoms with van der Waals surface area (Å²) in [5.41, 5.74) is 10.4. The molecular formula is C43H27NO. The maximum absolute atomic E-state index is 6.44. The van der Waals surface area contributed by atoms with Crippen molar-refractivity contribution in [3.63, 3.8) is 0 Å². The van der Waals surface area contributed by atoms with E-state index in [4.69, 9.17) is 9.40 Å². The summed E-state index contributed by atoms with van der Waals surface area (Å²) in [5, 5.41) is 7.28. The first-order valence-electron chi connectivity index (χ1n) is 15.3. The molecule has 210 valence electrons. The third-order valence-corrected chi connectivity index (χ3v) is 8.85. The smallest absolute Gasteiger partial charge is 0.136 e. The van der Waals surface area contributed by atoms with Crippen molar-refractivity contribution in [1.82, 2.24) is 4.98 Å². The zero-order valence-corrected chi connectivity index (χ0v) is 24.4. The molecule has 0 atom stereocenters. The molecule has 0 N–H and O–H groups in total. The van der Waals surface area contributed by atoms with Gasteiger partial charge < -0.3 is 4.42 Å². The lowest BCUT2D eigenvalue weighted by atomic mass is 9.94. The van der Waals surface area contributed by atoms with E-state index in [2.05, 4.69) is 152 Å². The molecule has 0 radical (unpaired) electrons. The third kappa shape index (κ3) is 4.39. The third-order valence-electron chi connectivity index (χ3n) is 8.85. The lowest BCUT2D eigenvalue weighted by Gasteiger charge is -2.11. The Balaban J connectivity index is 1.24. The molecule has 45 heavy (non-hydrogen) atoms. The molecule has 2 aromatic heterocycles. The van der Waals surface area contributed by atoms with Crippen LogP contribution in [-0.4, -0.2) is 4.98 Å². The summed E-state index contributed by atoms with van der Waals surface area (Å²) in [4.78, 5) is 5.10. The Morgan fingerprint density at radius 2 is 1.00 bits per heavy atom. The van der Waals surface area contributed by atoms with E-state index < -0.39 is 0 Å². The number of nitrogens with zero attached hydrogens (tertiary/aromatic N) is 1. The van der Waals surface area contributed by atoms with Gasteiger partial charge in [-0.15, -0.1) is 0 Å². The zero-order chi connectivity index (χ0) is 29.7. The predicted octanol–water partition coefficient (Wildman–Crippen LogP) is 12.0. The van der Waals surface area contributed by atoms with Gasteiger partial charge in [-0.25, -0.2) is 4.98 Å². The summed E-state index contributed by atoms with van der Waals surface area (Å²) in [6, 6.07) is 57.9. The average molecular weight is 574 g/mol. The fourth-order valence-corrected chi connectivity index (χ4v) is 6.64. The summed E-state index contributed by atoms with van der Waals surface area (Å²) < 4.78 is 6.44. The van der Waals surface area contributed by atoms with Crippen LogP contribution < -0.4 is 0 Å². The van der Waals surface area contributed by atoms with E-state index in [-0.39, 0.29) is 0 Å². The number of pyridine rings is 1. The van der Waals surface area contributed by atoms with Crippen molar-refractivity contribution in [1.29, 1.82) is 0 Å². The lowest BCUT2D eigenvalue weighted by molar-refractivity contribution is 0.669. The van der Waals surface area contributed by atoms with Gasteiger partial charge in [0.05, 0.1) is 11.4 Å². The Kier molecular flexibility index (Phi) is 5.85. The van der Waals surface area contributed by atoms with Crippen LogP contribution >= 0.6 is 0 Å². The summed E-state index contributed by atoms with van der Waals surface area (Å²) in [7, 11) is 0. The minimum Gasteiger partial charge on any atom is -0.456 e. The summed E-state index contributed by atoms with van der Waals surface area (Å²) in [6.07, 6.45) is 0. The largest absolute Gasteiger partial charge is 0.456 e. The molecule has 0 unspecified atom stereocenters. The Labute approximate surface area is 260 Å². The molecule has 2 heterocycles. The van der Waals surface area contributed by atoms with E-state index >= 15 is 0 Å². The van der Waals surface area contributed by atoms with Gasteiger partial charge in [0, 0.05) is 21.9 Å². The molecule has 9 rings (SSSR count). The van der Waals surface area contributed by atoms with Gasteiger partial charge in [-0.2, -0.15) is 0 Å². The van der Waals surface area contributed by atoms with Gasteiger partial charge in [-0.05, 0) is 80.2 Å². The van der Waals surface area contributed by atoms with Gasteiger partial charge in [-0.3, -0.25) is 0 Å². The van der Waals surface area contributed by atoms with Gasteiger partial charge in [0.15, 0.2) is 0 Å². The second-order valence-electron chi connectivity index (χ2n) is 11.6. The molecule has 0 fully saturated rings. The van der Waals surface area contributed by atoms with Crippen molar-refractivity contribution in [2.75, 3.05) is 0 Å². The van der Waals surface area contributed by atoms with Crippen LogP contribution in [0.5, 0.6) is 0 Å². The van der Waals surface area contributed by atoms with E-state index in [1.165, 1.54) is 32.7 Å². The van der Waals surface area contributed by atoms with E-state index in [1.807, 2.05) is 12.1 Å². The molecule has 0 bridgehead atoms. The topological polar surface area (TPSA) is 26.0 Å². The van der Waals surface area contributed by atoms with Crippen molar-refractivity contribution in [3.05, 3.63) is 164 Å². The van der Waals surface area contributed by atoms with Crippen molar-refractivity contribution >= 4 is 43.5 Å². The van der Waals surface area contributed by atoms with Crippen LogP contribution in [0.4, 0.5) is 0 Å². The Morgan fingerprint density at radius 1 is 0.356 bits per heavy atom. The molecule has 0 aliphatic heterocycles. The number of hydrogen-bond acceptors (Lipinski definition) is 2. The Hall–Kier alpha value is -5.99. The SMILES string of the molecule is c1ccc(-c2cc(-c3cccc4oc5ccc(-c6ccc7c(ccc8ccccc87)c6)cc5c34)cc(-c3ccccc3)n2)cc1. The molecule has 0 aliphatic rings. The van der Waals surface area contributed by atoms with Crippen molar-refractivity contribution in [2.24, 2.45) is 0 Å². The minimum absolute atomic E-state index is 0.879. The van der Waals surface area contributed by atoms with Crippen molar-refractivity contribution in [3.8, 4) is 44.8 Å². The highest BCUT2D eigenvalue weighted by Crippen LogP contribution is 2.40. The van der Waals surface area contributed by atoms with Crippen LogP contribution in [0.1, 0.15) is 0 Å². The first-order valence-corrected chi connectivity index (χ1v) is 15.3. The molecule has 0 saturated carbocycles. The van der Waals surface area contributed by atoms with Crippen molar-refractivity contribution < 1.29 is 4.42 Å². The Bertz CT molecular complexity index is 2470. The first-order chi connectivity index (χ1) is 22.3. The molecule has 0 spiro atoms. The lowest BCUT2D eigenvalue weighted by Crippen LogP contribution is -1.91. The summed E-state index contributed by atoms with van der Waals surface area (Å²) in [5.74, 6) is 0. The number of benzene rings is 7. The van der Waals surface area contributed by atoms with Gasteiger partial charge in [0.25, 0.3) is 0 Å². The summed E-state index contributed by atoms with van der Waals surface area (Å²) >= 11 is 0. The standard InChI is InChI=1S/C43H27NO/c1-3-11-29(12-4-1)39-26-34(27-40(44-39)30-13-5-2-6-14-30)37-16-9-17-42-43(37)38-25-32(21-23-41(38)45-42)31-20-22-36-33(24-31)19-18-28-10-7-8-15-35(28)36/h1-27H. The molecule has 9 aromatic rings. The number of fused-ring (bicyclic) bond motifs is 6. The average Bonchev–Trinajstić information content (AvgIpc) is 3.50. The fourth-order valence-electron chi connectivity index (χ4n) is 6.64. The van der Waals surface area contributed by atoms with Gasteiger partial charge in [-0.1, -0.05) is 127 Å². The van der Waals surface area contributed by atoms with Crippen LogP contribution in [0.3, 0.4) is 0 Å². The number of rotatable bonds is 4. The van der Waals surface area contributed by atoms with Gasteiger partial charge in [0.1, 0.15) is 11.2 Å². The highest BCUT2D eigenvalue weighted by molar-refractivity contribution is 6.14. The number of hydrogen-bond donors (Lipinski definition) is 0. The van der Waals surface area contributed by atoms with E-state index in [0.717, 1.165) is 55.6 Å². The minimum atomic E-state index is 0.879. The van der Waals surface area contributed by atoms with Crippen LogP contribution in [0.15, 0.2) is 168 Å². The molecular weight excluding hydrogens is 546 g/mol. The second kappa shape index (κ2) is 10.3. The van der Waals surface area contributed by atoms with Crippen LogP contribution in [0, 0.1) is 0 Å². The molecule has 2 nitrogen and oxygen atoms in total. The van der Waals surface area contributed by atoms with Crippen molar-refractivity contribution in [2.45, 2.75) is 0 Å². The predicted molar refractivity (Wildman–Crippen MR) is 188 cm³/mol. The zero-order valence-electron chi connectivity index (χ0n) is 24.4. The maximum Gasteiger partial charge on any atom is 0.136 e. The summed E-state index contributed by atoms with van der Waals surface area (Å²) in [6.45, 7) is 0. The van der Waals surface area contributed by atoms with Gasteiger partial charge in [0.2, 0.25) is 0 Å². The van der Waals surface area contributed by atoms with Crippen LogP contribution in [0.2, 0.25) is 0 Å². The molecule has 2 heteroatoms. The fraction of sp³-hybridized carbons (Fsp3) is 0. The highest BCUT2D eigenvalue weighted by Gasteiger charge is 2.16. The normalized spacial score (nSPS) is 11.6. The quantitative estimate of drug-likeness (QED) is 0.196. The van der Waals surface area contributed by atoms with Gasteiger partial charge >= 0.3 is 0 Å². The van der Waals surface area contributed by atoms with E-state index in [1.54, 1.807) is 0 Å². The molecule has 0 amide bonds. The molecule has 0 saturated heterocycles. The van der Waals surface area contributed by atoms with E-state index in [9.17, 15) is 0 Å². The van der Waals surface area contributed by atoms with Crippen LogP contribution in [0.25, 0.3) is 88.3 Å². The second-order valence-corrected chi connectivity index (χ2v) is 11.6. The van der Waals surface area contributed by atoms with E-state index in [0.29, 0.717) is 0 Å². The Morgan fingerprint density at radius 3 is 1.78 bits per heavy atom. The first kappa shape index (κ1) is 25.5. The molecule has 0 aliphatic carbocycles. The molecule has 7 aromatic carbocycles. The monoisotopic (exact) mass is 573 g/mol. The van der Waals surface area contributed by atoms with Crippen LogP contribution in [-0.2, 0) is 0 Å². The number of furan rings is 1. The maximum atomic E-state index is 6.44. The highest BCUT2D eigenvalue weighted by atomic mass is 16.3.